The first kappa shape index (κ1) is 42.8. The van der Waals surface area contributed by atoms with Gasteiger partial charge >= 0.3 is 6.18 Å². The maximum Gasteiger partial charge on any atom is 0.417 e. The predicted molar refractivity (Wildman–Crippen MR) is 219 cm³/mol. The second-order valence-corrected chi connectivity index (χ2v) is 15.3. The molecule has 0 unspecified atom stereocenters. The summed E-state index contributed by atoms with van der Waals surface area (Å²) in [6.45, 7) is 5.90. The molecular weight excluding hydrogens is 822 g/mol. The van der Waals surface area contributed by atoms with Gasteiger partial charge in [0, 0.05) is 56.3 Å². The third-order valence-electron chi connectivity index (χ3n) is 10.6. The van der Waals surface area contributed by atoms with Crippen LogP contribution in [0.1, 0.15) is 46.6 Å². The molecule has 18 heteroatoms. The van der Waals surface area contributed by atoms with E-state index in [2.05, 4.69) is 15.1 Å². The van der Waals surface area contributed by atoms with Gasteiger partial charge < -0.3 is 19.3 Å². The fourth-order valence-electron chi connectivity index (χ4n) is 7.40. The molecule has 61 heavy (non-hydrogen) atoms. The van der Waals surface area contributed by atoms with Gasteiger partial charge in [0.05, 0.1) is 52.7 Å². The summed E-state index contributed by atoms with van der Waals surface area (Å²) in [7, 11) is 0. The number of benzene rings is 4. The minimum atomic E-state index is -4.85. The molecule has 12 nitrogen and oxygen atoms in total. The highest BCUT2D eigenvalue weighted by Gasteiger charge is 2.51. The van der Waals surface area contributed by atoms with Crippen LogP contribution in [0.15, 0.2) is 83.7 Å². The molecule has 0 bridgehead atoms. The summed E-state index contributed by atoms with van der Waals surface area (Å²) in [6.07, 6.45) is -4.56. The van der Waals surface area contributed by atoms with E-state index in [4.69, 9.17) is 21.7 Å². The maximum atomic E-state index is 15.3. The number of nitrogens with one attached hydrogen (secondary N) is 1. The molecule has 0 aliphatic carbocycles. The highest BCUT2D eigenvalue weighted by Crippen LogP contribution is 2.40. The van der Waals surface area contributed by atoms with Gasteiger partial charge in [-0.25, -0.2) is 13.9 Å². The molecule has 2 fully saturated rings. The number of hydrogen-bond donors (Lipinski definition) is 1. The Labute approximate surface area is 351 Å². The van der Waals surface area contributed by atoms with Crippen LogP contribution >= 0.6 is 12.2 Å². The van der Waals surface area contributed by atoms with E-state index >= 15 is 4.39 Å². The summed E-state index contributed by atoms with van der Waals surface area (Å²) >= 11 is 5.53. The van der Waals surface area contributed by atoms with Crippen LogP contribution in [-0.4, -0.2) is 95.0 Å². The Kier molecular flexibility index (Phi) is 12.2. The number of amides is 2. The number of thiocarbonyl (C=S) groups is 1. The first-order chi connectivity index (χ1) is 29.1. The van der Waals surface area contributed by atoms with Gasteiger partial charge in [-0.2, -0.15) is 23.5 Å². The lowest BCUT2D eigenvalue weighted by atomic mass is 10.0. The summed E-state index contributed by atoms with van der Waals surface area (Å²) in [5, 5.41) is 16.9. The quantitative estimate of drug-likeness (QED) is 0.0848. The van der Waals surface area contributed by atoms with Crippen LogP contribution < -0.4 is 20.1 Å². The lowest BCUT2D eigenvalue weighted by molar-refractivity contribution is -0.137. The molecule has 7 rings (SSSR count). The van der Waals surface area contributed by atoms with Crippen molar-refractivity contribution in [2.75, 3.05) is 62.3 Å². The number of nitrogens with zero attached hydrogens (tertiary/aromatic N) is 6. The average molecular weight is 860 g/mol. The average Bonchev–Trinajstić information content (AvgIpc) is 3.42. The number of fused-ring (bicyclic) bond motifs is 1. The highest BCUT2D eigenvalue weighted by molar-refractivity contribution is 7.81. The molecular formula is C43H38F5N7O5S. The van der Waals surface area contributed by atoms with E-state index in [9.17, 15) is 37.2 Å². The number of alkyl halides is 3. The van der Waals surface area contributed by atoms with Crippen LogP contribution in [0, 0.1) is 23.0 Å². The Balaban J connectivity index is 0.870. The summed E-state index contributed by atoms with van der Waals surface area (Å²) < 4.78 is 82.6. The highest BCUT2D eigenvalue weighted by atomic mass is 32.1. The molecule has 0 radical (unpaired) electrons. The van der Waals surface area contributed by atoms with Crippen LogP contribution in [0.25, 0.3) is 10.8 Å². The Morgan fingerprint density at radius 2 is 1.62 bits per heavy atom. The van der Waals surface area contributed by atoms with Crippen LogP contribution in [0.3, 0.4) is 0 Å². The number of carbonyl (C=O) groups is 2. The Morgan fingerprint density at radius 1 is 0.902 bits per heavy atom. The van der Waals surface area contributed by atoms with Gasteiger partial charge in [0.1, 0.15) is 18.0 Å². The SMILES string of the molecule is CC1(C)C(=O)N(c2ccc(C#N)c(C(F)(F)F)c2)C(=S)N1c1ccc(OCCOCCN2CCN(C(=O)c3cc(Cc4n[nH]c(=O)c5ccccc45)ccc3F)CC2)c(F)c1. The van der Waals surface area contributed by atoms with Gasteiger partial charge in [0.25, 0.3) is 17.4 Å². The first-order valence-corrected chi connectivity index (χ1v) is 19.6. The van der Waals surface area contributed by atoms with Crippen molar-refractivity contribution in [1.29, 1.82) is 5.26 Å². The summed E-state index contributed by atoms with van der Waals surface area (Å²) in [5.41, 5.74) is -2.30. The fraction of sp³-hybridized carbons (Fsp3) is 0.302. The number of piperazine rings is 1. The summed E-state index contributed by atoms with van der Waals surface area (Å²) in [6, 6.07) is 19.8. The van der Waals surface area contributed by atoms with Crippen molar-refractivity contribution in [2.24, 2.45) is 0 Å². The van der Waals surface area contributed by atoms with E-state index < -0.39 is 46.3 Å². The number of hydrogen-bond acceptors (Lipinski definition) is 9. The minimum absolute atomic E-state index is 0.0117. The number of ether oxygens (including phenoxy) is 2. The Morgan fingerprint density at radius 3 is 2.33 bits per heavy atom. The standard InChI is InChI=1S/C43H38F5N7O5S/c1-42(2)40(58)54(28-9-8-27(25-49)33(23-28)43(46,47)48)41(61)55(42)29-10-12-37(35(45)24-29)60-20-19-59-18-17-52-13-15-53(16-14-52)39(57)32-21-26(7-11-34(32)44)22-36-30-5-3-4-6-31(30)38(56)51-50-36/h3-12,21,23-24H,13-20,22H2,1-2H3,(H,51,56). The number of carbonyl (C=O) groups excluding carboxylic acids is 2. The Bertz CT molecular complexity index is 2620. The smallest absolute Gasteiger partial charge is 0.417 e. The van der Waals surface area contributed by atoms with Gasteiger partial charge in [-0.1, -0.05) is 24.3 Å². The number of aromatic nitrogens is 2. The summed E-state index contributed by atoms with van der Waals surface area (Å²) in [5.74, 6) is -2.55. The number of aromatic amines is 1. The second kappa shape index (κ2) is 17.4. The molecule has 2 aliphatic heterocycles. The van der Waals surface area contributed by atoms with Crippen LogP contribution in [0.2, 0.25) is 0 Å². The molecule has 316 valence electrons. The van der Waals surface area contributed by atoms with E-state index in [-0.39, 0.29) is 53.0 Å². The Hall–Kier alpha value is -6.29. The lowest BCUT2D eigenvalue weighted by Crippen LogP contribution is -2.49. The van der Waals surface area contributed by atoms with Crippen molar-refractivity contribution >= 4 is 51.3 Å². The molecule has 0 spiro atoms. The number of halogens is 5. The summed E-state index contributed by atoms with van der Waals surface area (Å²) in [4.78, 5) is 45.1. The molecule has 2 aliphatic rings. The van der Waals surface area contributed by atoms with Crippen molar-refractivity contribution in [2.45, 2.75) is 32.0 Å². The lowest BCUT2D eigenvalue weighted by Gasteiger charge is -2.34. The van der Waals surface area contributed by atoms with Gasteiger partial charge in [-0.15, -0.1) is 0 Å². The van der Waals surface area contributed by atoms with Crippen molar-refractivity contribution < 1.29 is 41.0 Å². The van der Waals surface area contributed by atoms with Gasteiger partial charge in [0.15, 0.2) is 16.7 Å². The van der Waals surface area contributed by atoms with E-state index in [1.165, 1.54) is 55.1 Å². The molecule has 4 aromatic carbocycles. The van der Waals surface area contributed by atoms with Crippen LogP contribution in [0.5, 0.6) is 5.75 Å². The van der Waals surface area contributed by atoms with E-state index in [1.54, 1.807) is 35.2 Å². The number of nitriles is 1. The molecule has 2 amide bonds. The largest absolute Gasteiger partial charge is 0.488 e. The zero-order valence-electron chi connectivity index (χ0n) is 32.9. The van der Waals surface area contributed by atoms with Crippen molar-refractivity contribution in [3.8, 4) is 11.8 Å². The molecule has 0 atom stereocenters. The zero-order valence-corrected chi connectivity index (χ0v) is 33.7. The normalized spacial score (nSPS) is 15.7. The van der Waals surface area contributed by atoms with Crippen molar-refractivity contribution in [3.63, 3.8) is 0 Å². The van der Waals surface area contributed by atoms with Gasteiger partial charge in [-0.3, -0.25) is 24.2 Å². The third kappa shape index (κ3) is 8.81. The van der Waals surface area contributed by atoms with E-state index in [0.29, 0.717) is 67.4 Å². The maximum absolute atomic E-state index is 15.3. The third-order valence-corrected chi connectivity index (χ3v) is 11.0. The number of anilines is 2. The molecule has 5 aromatic rings. The first-order valence-electron chi connectivity index (χ1n) is 19.1. The van der Waals surface area contributed by atoms with E-state index in [1.807, 2.05) is 0 Å². The van der Waals surface area contributed by atoms with Gasteiger partial charge in [0.2, 0.25) is 0 Å². The molecule has 0 saturated carbocycles. The van der Waals surface area contributed by atoms with Crippen molar-refractivity contribution in [1.82, 2.24) is 20.0 Å². The topological polar surface area (TPSA) is 135 Å². The number of rotatable bonds is 12. The fourth-order valence-corrected chi connectivity index (χ4v) is 7.92. The predicted octanol–water partition coefficient (Wildman–Crippen LogP) is 6.45. The van der Waals surface area contributed by atoms with Crippen molar-refractivity contribution in [3.05, 3.63) is 129 Å². The second-order valence-electron chi connectivity index (χ2n) is 14.9. The van der Waals surface area contributed by atoms with Crippen LogP contribution in [0.4, 0.5) is 33.3 Å². The van der Waals surface area contributed by atoms with Crippen LogP contribution in [-0.2, 0) is 22.1 Å². The molecule has 1 N–H and O–H groups in total. The molecule has 1 aromatic heterocycles. The molecule has 3 heterocycles. The monoisotopic (exact) mass is 859 g/mol. The van der Waals surface area contributed by atoms with E-state index in [0.717, 1.165) is 17.0 Å². The minimum Gasteiger partial charge on any atom is -0.488 e. The number of H-pyrrole nitrogens is 1. The van der Waals surface area contributed by atoms with Gasteiger partial charge in [-0.05, 0) is 80.2 Å². The molecule has 2 saturated heterocycles. The zero-order chi connectivity index (χ0) is 43.6.